The summed E-state index contributed by atoms with van der Waals surface area (Å²) < 4.78 is 6.20. The van der Waals surface area contributed by atoms with Gasteiger partial charge in [0.1, 0.15) is 0 Å². The Morgan fingerprint density at radius 2 is 1.71 bits per heavy atom. The summed E-state index contributed by atoms with van der Waals surface area (Å²) in [5, 5.41) is 0. The topological polar surface area (TPSA) is 12.5 Å². The number of piperidine rings is 1. The number of rotatable bonds is 6. The molecule has 2 fully saturated rings. The summed E-state index contributed by atoms with van der Waals surface area (Å²) in [6, 6.07) is 0. The van der Waals surface area contributed by atoms with E-state index in [1.807, 2.05) is 0 Å². The van der Waals surface area contributed by atoms with E-state index in [2.05, 4.69) is 18.7 Å². The van der Waals surface area contributed by atoms with Crippen molar-refractivity contribution in [2.75, 3.05) is 19.6 Å². The third-order valence-corrected chi connectivity index (χ3v) is 4.35. The van der Waals surface area contributed by atoms with Crippen LogP contribution in [0.15, 0.2) is 0 Å². The zero-order valence-corrected chi connectivity index (χ0v) is 11.7. The maximum Gasteiger partial charge on any atom is 0.0603 e. The number of nitrogens with zero attached hydrogens (tertiary/aromatic N) is 1. The molecule has 100 valence electrons. The van der Waals surface area contributed by atoms with Gasteiger partial charge >= 0.3 is 0 Å². The summed E-state index contributed by atoms with van der Waals surface area (Å²) in [4.78, 5) is 2.58. The standard InChI is InChI=1S/C15H29NO/c1-3-5-13-11-15(12-13)17-14-6-9-16(8-4-2)10-7-14/h13-15H,3-12H2,1-2H3. The lowest BCUT2D eigenvalue weighted by Gasteiger charge is -2.40. The molecule has 0 N–H and O–H groups in total. The van der Waals surface area contributed by atoms with Gasteiger partial charge in [0.15, 0.2) is 0 Å². The average molecular weight is 239 g/mol. The van der Waals surface area contributed by atoms with Gasteiger partial charge in [-0.15, -0.1) is 0 Å². The lowest BCUT2D eigenvalue weighted by atomic mass is 9.79. The molecule has 0 aromatic rings. The number of hydrogen-bond acceptors (Lipinski definition) is 2. The minimum Gasteiger partial charge on any atom is -0.375 e. The van der Waals surface area contributed by atoms with Crippen molar-refractivity contribution in [3.8, 4) is 0 Å². The van der Waals surface area contributed by atoms with Gasteiger partial charge in [0.2, 0.25) is 0 Å². The van der Waals surface area contributed by atoms with Crippen LogP contribution in [0.3, 0.4) is 0 Å². The van der Waals surface area contributed by atoms with Crippen molar-refractivity contribution in [1.29, 1.82) is 0 Å². The minimum absolute atomic E-state index is 0.565. The Labute approximate surface area is 107 Å². The molecular formula is C15H29NO. The smallest absolute Gasteiger partial charge is 0.0603 e. The zero-order chi connectivity index (χ0) is 12.1. The highest BCUT2D eigenvalue weighted by atomic mass is 16.5. The second-order valence-corrected chi connectivity index (χ2v) is 5.93. The van der Waals surface area contributed by atoms with Gasteiger partial charge in [0, 0.05) is 13.1 Å². The molecule has 1 saturated carbocycles. The fourth-order valence-corrected chi connectivity index (χ4v) is 3.29. The normalized spacial score (nSPS) is 31.4. The Hall–Kier alpha value is -0.0800. The minimum atomic E-state index is 0.565. The van der Waals surface area contributed by atoms with Crippen molar-refractivity contribution in [3.63, 3.8) is 0 Å². The third kappa shape index (κ3) is 3.96. The van der Waals surface area contributed by atoms with Crippen LogP contribution in [0.25, 0.3) is 0 Å². The SMILES string of the molecule is CCCC1CC(OC2CCN(CCC)CC2)C1. The van der Waals surface area contributed by atoms with Crippen LogP contribution in [0, 0.1) is 5.92 Å². The Morgan fingerprint density at radius 1 is 1.00 bits per heavy atom. The Balaban J connectivity index is 1.57. The number of likely N-dealkylation sites (tertiary alicyclic amines) is 1. The third-order valence-electron chi connectivity index (χ3n) is 4.35. The average Bonchev–Trinajstić information content (AvgIpc) is 2.29. The first-order chi connectivity index (χ1) is 8.31. The van der Waals surface area contributed by atoms with Crippen molar-refractivity contribution in [3.05, 3.63) is 0 Å². The van der Waals surface area contributed by atoms with Crippen LogP contribution in [-0.4, -0.2) is 36.7 Å². The molecule has 1 aliphatic heterocycles. The molecule has 2 heteroatoms. The molecule has 0 bridgehead atoms. The van der Waals surface area contributed by atoms with Crippen LogP contribution < -0.4 is 0 Å². The van der Waals surface area contributed by atoms with E-state index in [1.165, 1.54) is 64.6 Å². The summed E-state index contributed by atoms with van der Waals surface area (Å²) in [6.45, 7) is 8.34. The van der Waals surface area contributed by atoms with Crippen LogP contribution in [0.2, 0.25) is 0 Å². The van der Waals surface area contributed by atoms with Crippen LogP contribution >= 0.6 is 0 Å². The molecule has 0 aromatic heterocycles. The molecule has 0 radical (unpaired) electrons. The van der Waals surface area contributed by atoms with Gasteiger partial charge in [-0.2, -0.15) is 0 Å². The van der Waals surface area contributed by atoms with Gasteiger partial charge in [0.25, 0.3) is 0 Å². The molecule has 0 aromatic carbocycles. The van der Waals surface area contributed by atoms with E-state index >= 15 is 0 Å². The maximum absolute atomic E-state index is 6.20. The van der Waals surface area contributed by atoms with E-state index in [0.717, 1.165) is 5.92 Å². The molecule has 0 amide bonds. The highest BCUT2D eigenvalue weighted by molar-refractivity contribution is 4.82. The Kier molecular flexibility index (Phi) is 5.30. The monoisotopic (exact) mass is 239 g/mol. The molecule has 1 saturated heterocycles. The van der Waals surface area contributed by atoms with Crippen molar-refractivity contribution < 1.29 is 4.74 Å². The van der Waals surface area contributed by atoms with Crippen LogP contribution in [-0.2, 0) is 4.74 Å². The first kappa shape index (κ1) is 13.4. The van der Waals surface area contributed by atoms with Crippen molar-refractivity contribution in [1.82, 2.24) is 4.90 Å². The van der Waals surface area contributed by atoms with Crippen molar-refractivity contribution >= 4 is 0 Å². The van der Waals surface area contributed by atoms with Gasteiger partial charge in [-0.3, -0.25) is 0 Å². The maximum atomic E-state index is 6.20. The van der Waals surface area contributed by atoms with Crippen LogP contribution in [0.5, 0.6) is 0 Å². The second-order valence-electron chi connectivity index (χ2n) is 5.93. The molecule has 17 heavy (non-hydrogen) atoms. The first-order valence-electron chi connectivity index (χ1n) is 7.69. The second kappa shape index (κ2) is 6.75. The number of ether oxygens (including phenoxy) is 1. The Morgan fingerprint density at radius 3 is 2.29 bits per heavy atom. The Bertz CT molecular complexity index is 205. The molecule has 2 aliphatic rings. The highest BCUT2D eigenvalue weighted by Crippen LogP contribution is 2.35. The molecule has 0 atom stereocenters. The predicted molar refractivity (Wildman–Crippen MR) is 72.3 cm³/mol. The van der Waals surface area contributed by atoms with E-state index in [-0.39, 0.29) is 0 Å². The number of hydrogen-bond donors (Lipinski definition) is 0. The summed E-state index contributed by atoms with van der Waals surface area (Å²) >= 11 is 0. The highest BCUT2D eigenvalue weighted by Gasteiger charge is 2.31. The molecule has 1 heterocycles. The van der Waals surface area contributed by atoms with E-state index in [0.29, 0.717) is 12.2 Å². The van der Waals surface area contributed by atoms with Gasteiger partial charge in [-0.05, 0) is 44.6 Å². The van der Waals surface area contributed by atoms with Gasteiger partial charge in [-0.1, -0.05) is 26.7 Å². The lowest BCUT2D eigenvalue weighted by molar-refractivity contribution is -0.0947. The summed E-state index contributed by atoms with van der Waals surface area (Å²) in [6.07, 6.45) is 10.4. The molecule has 2 nitrogen and oxygen atoms in total. The lowest BCUT2D eigenvalue weighted by Crippen LogP contribution is -2.41. The molecule has 2 rings (SSSR count). The quantitative estimate of drug-likeness (QED) is 0.704. The molecule has 1 aliphatic carbocycles. The van der Waals surface area contributed by atoms with Crippen molar-refractivity contribution in [2.45, 2.75) is 71.0 Å². The van der Waals surface area contributed by atoms with Crippen LogP contribution in [0.1, 0.15) is 58.8 Å². The van der Waals surface area contributed by atoms with Crippen LogP contribution in [0.4, 0.5) is 0 Å². The van der Waals surface area contributed by atoms with Crippen molar-refractivity contribution in [2.24, 2.45) is 5.92 Å². The molecule has 0 unspecified atom stereocenters. The fraction of sp³-hybridized carbons (Fsp3) is 1.00. The predicted octanol–water partition coefficient (Wildman–Crippen LogP) is 3.46. The summed E-state index contributed by atoms with van der Waals surface area (Å²) in [7, 11) is 0. The first-order valence-corrected chi connectivity index (χ1v) is 7.69. The van der Waals surface area contributed by atoms with Gasteiger partial charge in [-0.25, -0.2) is 0 Å². The zero-order valence-electron chi connectivity index (χ0n) is 11.7. The molecule has 0 spiro atoms. The summed E-state index contributed by atoms with van der Waals surface area (Å²) in [5.74, 6) is 0.977. The fourth-order valence-electron chi connectivity index (χ4n) is 3.29. The van der Waals surface area contributed by atoms with Gasteiger partial charge in [0.05, 0.1) is 12.2 Å². The molecular weight excluding hydrogens is 210 g/mol. The summed E-state index contributed by atoms with van der Waals surface area (Å²) in [5.41, 5.74) is 0. The van der Waals surface area contributed by atoms with E-state index in [4.69, 9.17) is 4.74 Å². The van der Waals surface area contributed by atoms with E-state index in [9.17, 15) is 0 Å². The van der Waals surface area contributed by atoms with E-state index in [1.54, 1.807) is 0 Å². The van der Waals surface area contributed by atoms with Gasteiger partial charge < -0.3 is 9.64 Å². The van der Waals surface area contributed by atoms with E-state index < -0.39 is 0 Å². The largest absolute Gasteiger partial charge is 0.375 e.